The molecule has 1 aliphatic carbocycles. The number of aliphatic hydroxyl groups is 1. The van der Waals surface area contributed by atoms with Gasteiger partial charge in [-0.2, -0.15) is 4.39 Å². The second-order valence-electron chi connectivity index (χ2n) is 9.48. The van der Waals surface area contributed by atoms with Crippen LogP contribution < -0.4 is 10.6 Å². The quantitative estimate of drug-likeness (QED) is 0.431. The van der Waals surface area contributed by atoms with E-state index < -0.39 is 23.8 Å². The number of aryl methyl sites for hydroxylation is 1. The van der Waals surface area contributed by atoms with Crippen molar-refractivity contribution in [2.75, 3.05) is 25.0 Å². The third-order valence-electron chi connectivity index (χ3n) is 6.76. The van der Waals surface area contributed by atoms with Gasteiger partial charge in [-0.05, 0) is 56.5 Å². The van der Waals surface area contributed by atoms with Crippen molar-refractivity contribution in [2.24, 2.45) is 0 Å². The van der Waals surface area contributed by atoms with Gasteiger partial charge in [-0.3, -0.25) is 4.79 Å². The van der Waals surface area contributed by atoms with Crippen molar-refractivity contribution < 1.29 is 18.7 Å². The smallest absolute Gasteiger partial charge is 0.254 e. The Morgan fingerprint density at radius 3 is 2.75 bits per heavy atom. The summed E-state index contributed by atoms with van der Waals surface area (Å²) in [6.45, 7) is 6.06. The fourth-order valence-corrected chi connectivity index (χ4v) is 4.45. The number of β-amino-alcohol motifs (C(OH)–C–C–N with tert-alkyl or cyclic N) is 1. The van der Waals surface area contributed by atoms with Crippen molar-refractivity contribution in [1.29, 1.82) is 0 Å². The maximum absolute atomic E-state index is 14.7. The van der Waals surface area contributed by atoms with Crippen molar-refractivity contribution in [3.05, 3.63) is 53.5 Å². The van der Waals surface area contributed by atoms with E-state index in [4.69, 9.17) is 0 Å². The number of nitrogens with one attached hydrogen (secondary N) is 2. The number of benzene rings is 1. The molecule has 2 aliphatic rings. The standard InChI is InChI=1S/C25H29F2N7O2/c1-3-33-7-6-20(23(35)13-33)29-16-9-18(24(27)28-11-16)21-12-34(32-31-21)22-10-17(19(26)8-14(22)2)25(36)30-15-4-5-15/h8-12,15,20,23,29,35H,3-7,13H2,1-2H3,(H,30,36)/t20-,23+/m0/s1. The van der Waals surface area contributed by atoms with Crippen LogP contribution in [0.4, 0.5) is 14.5 Å². The molecule has 190 valence electrons. The Morgan fingerprint density at radius 2 is 2.03 bits per heavy atom. The van der Waals surface area contributed by atoms with E-state index in [-0.39, 0.29) is 28.9 Å². The predicted octanol–water partition coefficient (Wildman–Crippen LogP) is 2.68. The zero-order valence-corrected chi connectivity index (χ0v) is 20.2. The van der Waals surface area contributed by atoms with E-state index in [1.54, 1.807) is 13.0 Å². The lowest BCUT2D eigenvalue weighted by atomic mass is 10.0. The molecule has 0 bridgehead atoms. The Bertz CT molecular complexity index is 1280. The van der Waals surface area contributed by atoms with Gasteiger partial charge in [-0.15, -0.1) is 5.10 Å². The lowest BCUT2D eigenvalue weighted by Crippen LogP contribution is -2.49. The van der Waals surface area contributed by atoms with Crippen molar-refractivity contribution in [3.63, 3.8) is 0 Å². The number of hydrogen-bond donors (Lipinski definition) is 3. The highest BCUT2D eigenvalue weighted by Gasteiger charge is 2.28. The number of aliphatic hydroxyl groups excluding tert-OH is 1. The Hall–Kier alpha value is -3.44. The Labute approximate surface area is 207 Å². The number of piperidine rings is 1. The van der Waals surface area contributed by atoms with E-state index >= 15 is 0 Å². The first-order chi connectivity index (χ1) is 17.3. The van der Waals surface area contributed by atoms with Gasteiger partial charge in [-0.25, -0.2) is 14.1 Å². The molecule has 3 aromatic rings. The van der Waals surface area contributed by atoms with E-state index in [9.17, 15) is 18.7 Å². The fourth-order valence-electron chi connectivity index (χ4n) is 4.45. The number of hydrogen-bond acceptors (Lipinski definition) is 7. The molecule has 9 nitrogen and oxygen atoms in total. The van der Waals surface area contributed by atoms with Gasteiger partial charge >= 0.3 is 0 Å². The molecule has 0 radical (unpaired) electrons. The second kappa shape index (κ2) is 9.90. The molecule has 0 unspecified atom stereocenters. The summed E-state index contributed by atoms with van der Waals surface area (Å²) in [6.07, 6.45) is 4.88. The number of likely N-dealkylation sites (N-methyl/N-ethyl adjacent to an activating group) is 1. The highest BCUT2D eigenvalue weighted by Crippen LogP contribution is 2.27. The molecule has 1 saturated carbocycles. The third-order valence-corrected chi connectivity index (χ3v) is 6.76. The summed E-state index contributed by atoms with van der Waals surface area (Å²) in [5, 5.41) is 24.7. The summed E-state index contributed by atoms with van der Waals surface area (Å²) in [5.41, 5.74) is 1.87. The molecule has 36 heavy (non-hydrogen) atoms. The van der Waals surface area contributed by atoms with E-state index in [0.717, 1.165) is 32.4 Å². The molecule has 2 atom stereocenters. The summed E-state index contributed by atoms with van der Waals surface area (Å²) in [5.74, 6) is -1.80. The first-order valence-corrected chi connectivity index (χ1v) is 12.2. The summed E-state index contributed by atoms with van der Waals surface area (Å²) < 4.78 is 30.6. The zero-order valence-electron chi connectivity index (χ0n) is 20.2. The van der Waals surface area contributed by atoms with Gasteiger partial charge in [0.2, 0.25) is 5.95 Å². The molecule has 0 spiro atoms. The fraction of sp³-hybridized carbons (Fsp3) is 0.440. The summed E-state index contributed by atoms with van der Waals surface area (Å²) >= 11 is 0. The number of carbonyl (C=O) groups excluding carboxylic acids is 1. The summed E-state index contributed by atoms with van der Waals surface area (Å²) in [7, 11) is 0. The second-order valence-corrected chi connectivity index (χ2v) is 9.48. The lowest BCUT2D eigenvalue weighted by Gasteiger charge is -2.36. The van der Waals surface area contributed by atoms with Gasteiger partial charge < -0.3 is 20.6 Å². The van der Waals surface area contributed by atoms with Crippen LogP contribution in [-0.4, -0.2) is 73.7 Å². The van der Waals surface area contributed by atoms with Crippen LogP contribution in [0.2, 0.25) is 0 Å². The topological polar surface area (TPSA) is 108 Å². The normalized spacial score (nSPS) is 20.4. The van der Waals surface area contributed by atoms with Crippen LogP contribution in [0.25, 0.3) is 16.9 Å². The SMILES string of the molecule is CCN1CC[C@H](Nc2cnc(F)c(-c3cn(-c4cc(C(=O)NC5CC5)c(F)cc4C)nn3)c2)[C@H](O)C1. The molecule has 1 aromatic carbocycles. The van der Waals surface area contributed by atoms with Gasteiger partial charge in [0, 0.05) is 19.1 Å². The molecule has 11 heteroatoms. The molecule has 2 aromatic heterocycles. The third kappa shape index (κ3) is 5.07. The van der Waals surface area contributed by atoms with Crippen molar-refractivity contribution in [2.45, 2.75) is 51.3 Å². The molecule has 1 amide bonds. The van der Waals surface area contributed by atoms with Crippen LogP contribution in [0.1, 0.15) is 42.1 Å². The largest absolute Gasteiger partial charge is 0.390 e. The van der Waals surface area contributed by atoms with E-state index in [0.29, 0.717) is 23.5 Å². The molecular formula is C25H29F2N7O2. The summed E-state index contributed by atoms with van der Waals surface area (Å²) in [4.78, 5) is 18.5. The first kappa shape index (κ1) is 24.3. The highest BCUT2D eigenvalue weighted by molar-refractivity contribution is 5.95. The molecule has 5 rings (SSSR count). The van der Waals surface area contributed by atoms with Gasteiger partial charge in [0.1, 0.15) is 11.5 Å². The van der Waals surface area contributed by atoms with E-state index in [1.165, 1.54) is 29.2 Å². The maximum atomic E-state index is 14.7. The molecule has 3 heterocycles. The molecule has 1 aliphatic heterocycles. The average molecular weight is 498 g/mol. The predicted molar refractivity (Wildman–Crippen MR) is 130 cm³/mol. The van der Waals surface area contributed by atoms with E-state index in [2.05, 4.69) is 37.8 Å². The minimum Gasteiger partial charge on any atom is -0.390 e. The Kier molecular flexibility index (Phi) is 6.67. The highest BCUT2D eigenvalue weighted by atomic mass is 19.1. The van der Waals surface area contributed by atoms with Crippen molar-refractivity contribution in [1.82, 2.24) is 30.2 Å². The van der Waals surface area contributed by atoms with Crippen LogP contribution in [0.5, 0.6) is 0 Å². The van der Waals surface area contributed by atoms with Gasteiger partial charge in [0.05, 0.1) is 47.0 Å². The number of aromatic nitrogens is 4. The van der Waals surface area contributed by atoms with E-state index in [1.807, 2.05) is 0 Å². The molecule has 2 fully saturated rings. The number of halogens is 2. The minimum absolute atomic E-state index is 0.0775. The Morgan fingerprint density at radius 1 is 1.22 bits per heavy atom. The molecule has 1 saturated heterocycles. The van der Waals surface area contributed by atoms with Crippen LogP contribution >= 0.6 is 0 Å². The van der Waals surface area contributed by atoms with Crippen LogP contribution in [0.3, 0.4) is 0 Å². The monoisotopic (exact) mass is 497 g/mol. The number of nitrogens with zero attached hydrogens (tertiary/aromatic N) is 5. The number of likely N-dealkylation sites (tertiary alicyclic amines) is 1. The number of amides is 1. The molecule has 3 N–H and O–H groups in total. The average Bonchev–Trinajstić information content (AvgIpc) is 3.53. The van der Waals surface area contributed by atoms with Crippen LogP contribution in [0, 0.1) is 18.7 Å². The van der Waals surface area contributed by atoms with Crippen molar-refractivity contribution in [3.8, 4) is 16.9 Å². The Balaban J connectivity index is 1.38. The van der Waals surface area contributed by atoms with Crippen molar-refractivity contribution >= 4 is 11.6 Å². The molecular weight excluding hydrogens is 468 g/mol. The van der Waals surface area contributed by atoms with Gasteiger partial charge in [0.25, 0.3) is 5.91 Å². The van der Waals surface area contributed by atoms with Gasteiger partial charge in [0.15, 0.2) is 0 Å². The number of rotatable bonds is 7. The minimum atomic E-state index is -0.714. The zero-order chi connectivity index (χ0) is 25.4. The number of pyridine rings is 1. The number of anilines is 1. The van der Waals surface area contributed by atoms with Gasteiger partial charge in [-0.1, -0.05) is 12.1 Å². The lowest BCUT2D eigenvalue weighted by molar-refractivity contribution is 0.0627. The maximum Gasteiger partial charge on any atom is 0.254 e. The van der Waals surface area contributed by atoms with Crippen LogP contribution in [-0.2, 0) is 0 Å². The summed E-state index contributed by atoms with van der Waals surface area (Å²) in [6, 6.07) is 4.21. The number of carbonyl (C=O) groups is 1. The first-order valence-electron chi connectivity index (χ1n) is 12.2. The van der Waals surface area contributed by atoms with Crippen LogP contribution in [0.15, 0.2) is 30.6 Å².